The molecule has 2 aromatic rings. The predicted molar refractivity (Wildman–Crippen MR) is 110 cm³/mol. The monoisotopic (exact) mass is 427 g/mol. The van der Waals surface area contributed by atoms with Crippen LogP contribution in [0.4, 0.5) is 4.79 Å². The molecule has 2 aromatic carbocycles. The molecular weight excluding hydrogens is 406 g/mol. The van der Waals surface area contributed by atoms with Gasteiger partial charge in [0.05, 0.1) is 12.6 Å². The smallest absolute Gasteiger partial charge is 0.327 e. The molecule has 0 radical (unpaired) electrons. The summed E-state index contributed by atoms with van der Waals surface area (Å²) in [5.74, 6) is 1.14. The van der Waals surface area contributed by atoms with Crippen molar-refractivity contribution in [1.29, 1.82) is 0 Å². The Labute approximate surface area is 179 Å². The molecule has 30 heavy (non-hydrogen) atoms. The van der Waals surface area contributed by atoms with E-state index in [9.17, 15) is 9.59 Å². The first-order valence-electron chi connectivity index (χ1n) is 10.1. The van der Waals surface area contributed by atoms with Gasteiger partial charge in [-0.3, -0.25) is 9.69 Å². The van der Waals surface area contributed by atoms with Gasteiger partial charge in [0.15, 0.2) is 11.5 Å². The van der Waals surface area contributed by atoms with Gasteiger partial charge in [-0.2, -0.15) is 0 Å². The minimum absolute atomic E-state index is 0.151. The van der Waals surface area contributed by atoms with E-state index in [2.05, 4.69) is 5.32 Å². The molecule has 3 heterocycles. The van der Waals surface area contributed by atoms with Crippen molar-refractivity contribution < 1.29 is 19.1 Å². The molecule has 5 rings (SSSR count). The first-order valence-corrected chi connectivity index (χ1v) is 10.5. The van der Waals surface area contributed by atoms with E-state index in [1.165, 1.54) is 4.90 Å². The zero-order chi connectivity index (χ0) is 20.7. The third-order valence-corrected chi connectivity index (χ3v) is 6.13. The highest BCUT2D eigenvalue weighted by atomic mass is 35.5. The molecule has 0 aromatic heterocycles. The number of benzene rings is 2. The number of nitrogens with zero attached hydrogens (tertiary/aromatic N) is 2. The first-order chi connectivity index (χ1) is 14.6. The van der Waals surface area contributed by atoms with Gasteiger partial charge in [-0.25, -0.2) is 4.79 Å². The van der Waals surface area contributed by atoms with Crippen LogP contribution in [0, 0.1) is 0 Å². The summed E-state index contributed by atoms with van der Waals surface area (Å²) >= 11 is 6.00. The Morgan fingerprint density at radius 1 is 1.00 bits per heavy atom. The molecule has 2 atom stereocenters. The zero-order valence-electron chi connectivity index (χ0n) is 16.3. The minimum atomic E-state index is -0.391. The first kappa shape index (κ1) is 19.2. The van der Waals surface area contributed by atoms with Crippen molar-refractivity contribution in [2.75, 3.05) is 13.3 Å². The van der Waals surface area contributed by atoms with Crippen LogP contribution in [-0.4, -0.2) is 47.2 Å². The summed E-state index contributed by atoms with van der Waals surface area (Å²) in [4.78, 5) is 29.8. The van der Waals surface area contributed by atoms with E-state index in [1.807, 2.05) is 47.4 Å². The van der Waals surface area contributed by atoms with Crippen LogP contribution in [-0.2, 0) is 17.9 Å². The number of hydrogen-bond acceptors (Lipinski definition) is 5. The fourth-order valence-corrected chi connectivity index (χ4v) is 4.48. The van der Waals surface area contributed by atoms with E-state index in [-0.39, 0.29) is 31.3 Å². The number of carbonyl (C=O) groups is 2. The van der Waals surface area contributed by atoms with E-state index >= 15 is 0 Å². The van der Waals surface area contributed by atoms with Crippen molar-refractivity contribution in [3.63, 3.8) is 0 Å². The molecule has 3 aliphatic rings. The summed E-state index contributed by atoms with van der Waals surface area (Å²) < 4.78 is 10.8. The van der Waals surface area contributed by atoms with Crippen LogP contribution >= 0.6 is 11.6 Å². The zero-order valence-corrected chi connectivity index (χ0v) is 17.1. The second kappa shape index (κ2) is 7.81. The molecule has 3 aliphatic heterocycles. The van der Waals surface area contributed by atoms with Crippen molar-refractivity contribution in [2.24, 2.45) is 0 Å². The third kappa shape index (κ3) is 3.48. The number of piperidine rings is 1. The Balaban J connectivity index is 1.42. The van der Waals surface area contributed by atoms with E-state index in [0.29, 0.717) is 23.1 Å². The number of hydrogen-bond donors (Lipinski definition) is 1. The van der Waals surface area contributed by atoms with Gasteiger partial charge in [0.2, 0.25) is 12.7 Å². The maximum atomic E-state index is 13.4. The number of nitrogens with one attached hydrogen (secondary N) is 1. The van der Waals surface area contributed by atoms with Crippen LogP contribution < -0.4 is 14.8 Å². The van der Waals surface area contributed by atoms with Crippen LogP contribution in [0.25, 0.3) is 0 Å². The summed E-state index contributed by atoms with van der Waals surface area (Å²) in [6.07, 6.45) is 1.74. The highest BCUT2D eigenvalue weighted by Gasteiger charge is 2.47. The van der Waals surface area contributed by atoms with Crippen molar-refractivity contribution in [3.05, 3.63) is 58.6 Å². The van der Waals surface area contributed by atoms with Gasteiger partial charge in [-0.05, 0) is 54.8 Å². The Hall–Kier alpha value is -2.77. The molecule has 8 heteroatoms. The highest BCUT2D eigenvalue weighted by Crippen LogP contribution is 2.34. The summed E-state index contributed by atoms with van der Waals surface area (Å²) in [5.41, 5.74) is 1.80. The van der Waals surface area contributed by atoms with E-state index in [4.69, 9.17) is 21.1 Å². The number of carbonyl (C=O) groups excluding carboxylic acids is 2. The van der Waals surface area contributed by atoms with E-state index in [0.717, 1.165) is 30.5 Å². The van der Waals surface area contributed by atoms with Gasteiger partial charge in [-0.15, -0.1) is 0 Å². The summed E-state index contributed by atoms with van der Waals surface area (Å²) in [6, 6.07) is 12.2. The number of rotatable bonds is 4. The molecular formula is C22H22ClN3O4. The number of fused-ring (bicyclic) bond motifs is 2. The van der Waals surface area contributed by atoms with Crippen molar-refractivity contribution in [1.82, 2.24) is 15.1 Å². The van der Waals surface area contributed by atoms with Gasteiger partial charge in [0.25, 0.3) is 0 Å². The topological polar surface area (TPSA) is 71.1 Å². The molecule has 2 fully saturated rings. The number of imide groups is 1. The normalized spacial score (nSPS) is 23.0. The quantitative estimate of drug-likeness (QED) is 0.811. The van der Waals surface area contributed by atoms with E-state index < -0.39 is 6.04 Å². The number of halogens is 1. The highest BCUT2D eigenvalue weighted by molar-refractivity contribution is 6.30. The number of amides is 3. The number of urea groups is 1. The van der Waals surface area contributed by atoms with Crippen LogP contribution in [0.1, 0.15) is 24.0 Å². The molecule has 0 saturated carbocycles. The van der Waals surface area contributed by atoms with E-state index in [1.54, 1.807) is 0 Å². The van der Waals surface area contributed by atoms with Crippen LogP contribution in [0.5, 0.6) is 11.5 Å². The second-order valence-corrected chi connectivity index (χ2v) is 8.23. The SMILES string of the molecule is O=C1C2NCCCC2N(Cc2ccc(Cl)cc2)C(=O)N1Cc1ccc2c(c1)OCO2. The van der Waals surface area contributed by atoms with Crippen molar-refractivity contribution in [2.45, 2.75) is 38.0 Å². The molecule has 3 amide bonds. The minimum Gasteiger partial charge on any atom is -0.454 e. The van der Waals surface area contributed by atoms with Gasteiger partial charge >= 0.3 is 6.03 Å². The van der Waals surface area contributed by atoms with Crippen LogP contribution in [0.3, 0.4) is 0 Å². The summed E-state index contributed by atoms with van der Waals surface area (Å²) in [7, 11) is 0. The lowest BCUT2D eigenvalue weighted by atomic mass is 9.93. The molecule has 1 N–H and O–H groups in total. The average Bonchev–Trinajstić information content (AvgIpc) is 3.23. The molecule has 0 bridgehead atoms. The van der Waals surface area contributed by atoms with Crippen LogP contribution in [0.2, 0.25) is 5.02 Å². The largest absolute Gasteiger partial charge is 0.454 e. The Bertz CT molecular complexity index is 981. The molecule has 2 unspecified atom stereocenters. The molecule has 0 aliphatic carbocycles. The average molecular weight is 428 g/mol. The maximum Gasteiger partial charge on any atom is 0.327 e. The lowest BCUT2D eigenvalue weighted by Crippen LogP contribution is -2.68. The lowest BCUT2D eigenvalue weighted by Gasteiger charge is -2.47. The Kier molecular flexibility index (Phi) is 5.00. The summed E-state index contributed by atoms with van der Waals surface area (Å²) in [5, 5.41) is 3.98. The predicted octanol–water partition coefficient (Wildman–Crippen LogP) is 3.15. The van der Waals surface area contributed by atoms with Crippen molar-refractivity contribution >= 4 is 23.5 Å². The maximum absolute atomic E-state index is 13.4. The molecule has 156 valence electrons. The second-order valence-electron chi connectivity index (χ2n) is 7.79. The van der Waals surface area contributed by atoms with Gasteiger partial charge < -0.3 is 19.7 Å². The third-order valence-electron chi connectivity index (χ3n) is 5.88. The Morgan fingerprint density at radius 3 is 2.60 bits per heavy atom. The fraction of sp³-hybridized carbons (Fsp3) is 0.364. The van der Waals surface area contributed by atoms with Gasteiger partial charge in [0, 0.05) is 11.6 Å². The molecule has 0 spiro atoms. The Morgan fingerprint density at radius 2 is 1.77 bits per heavy atom. The standard InChI is InChI=1S/C22H22ClN3O4/c23-16-6-3-14(4-7-16)11-25-17-2-1-9-24-20(17)21(27)26(22(25)28)12-15-5-8-18-19(10-15)30-13-29-18/h3-8,10,17,20,24H,1-2,9,11-13H2. The van der Waals surface area contributed by atoms with Crippen LogP contribution in [0.15, 0.2) is 42.5 Å². The molecule has 2 saturated heterocycles. The van der Waals surface area contributed by atoms with Crippen molar-refractivity contribution in [3.8, 4) is 11.5 Å². The van der Waals surface area contributed by atoms with Gasteiger partial charge in [0.1, 0.15) is 6.04 Å². The lowest BCUT2D eigenvalue weighted by molar-refractivity contribution is -0.137. The van der Waals surface area contributed by atoms with Gasteiger partial charge in [-0.1, -0.05) is 29.8 Å². The number of ether oxygens (including phenoxy) is 2. The fourth-order valence-electron chi connectivity index (χ4n) is 4.36. The molecule has 7 nitrogen and oxygen atoms in total. The summed E-state index contributed by atoms with van der Waals surface area (Å²) in [6.45, 7) is 1.58.